The number of nitrogens with zero attached hydrogens (tertiary/aromatic N) is 2. The number of nitrogens with one attached hydrogen (secondary N) is 1. The first-order valence-electron chi connectivity index (χ1n) is 7.56. The molecular weight excluding hydrogens is 264 g/mol. The van der Waals surface area contributed by atoms with Gasteiger partial charge in [-0.25, -0.2) is 4.98 Å². The average molecular weight is 286 g/mol. The first-order valence-corrected chi connectivity index (χ1v) is 7.56. The Kier molecular flexibility index (Phi) is 3.57. The van der Waals surface area contributed by atoms with Crippen molar-refractivity contribution in [1.82, 2.24) is 9.97 Å². The van der Waals surface area contributed by atoms with E-state index in [9.17, 15) is 4.79 Å². The van der Waals surface area contributed by atoms with Gasteiger partial charge in [0.1, 0.15) is 0 Å². The molecule has 0 amide bonds. The van der Waals surface area contributed by atoms with Gasteiger partial charge in [-0.05, 0) is 30.9 Å². The second kappa shape index (κ2) is 5.39. The molecule has 1 aromatic heterocycles. The third kappa shape index (κ3) is 2.60. The third-order valence-corrected chi connectivity index (χ3v) is 4.63. The van der Waals surface area contributed by atoms with Crippen LogP contribution in [0.5, 0.6) is 0 Å². The minimum atomic E-state index is -0.146. The number of anilines is 2. The van der Waals surface area contributed by atoms with Crippen molar-refractivity contribution in [1.29, 1.82) is 0 Å². The molecule has 2 unspecified atom stereocenters. The van der Waals surface area contributed by atoms with Crippen molar-refractivity contribution >= 4 is 22.3 Å². The number of aromatic amines is 1. The highest BCUT2D eigenvalue weighted by molar-refractivity contribution is 5.88. The summed E-state index contributed by atoms with van der Waals surface area (Å²) in [5.41, 5.74) is 8.34. The van der Waals surface area contributed by atoms with Crippen molar-refractivity contribution in [3.63, 3.8) is 0 Å². The second-order valence-corrected chi connectivity index (χ2v) is 6.20. The SMILES string of the molecule is CC1CCCC(N(C)c2cc3nc[nH]c(=O)c3cc2N)C1. The molecule has 2 aromatic rings. The van der Waals surface area contributed by atoms with Gasteiger partial charge in [0.05, 0.1) is 28.6 Å². The van der Waals surface area contributed by atoms with Gasteiger partial charge in [0.15, 0.2) is 0 Å². The molecule has 0 radical (unpaired) electrons. The highest BCUT2D eigenvalue weighted by Crippen LogP contribution is 2.33. The first-order chi connectivity index (χ1) is 10.1. The van der Waals surface area contributed by atoms with Crippen LogP contribution in [0.4, 0.5) is 11.4 Å². The molecule has 3 N–H and O–H groups in total. The Hall–Kier alpha value is -2.04. The minimum absolute atomic E-state index is 0.146. The van der Waals surface area contributed by atoms with Gasteiger partial charge in [-0.15, -0.1) is 0 Å². The van der Waals surface area contributed by atoms with Crippen molar-refractivity contribution in [2.24, 2.45) is 5.92 Å². The van der Waals surface area contributed by atoms with Gasteiger partial charge in [0.2, 0.25) is 0 Å². The van der Waals surface area contributed by atoms with Crippen LogP contribution >= 0.6 is 0 Å². The molecule has 3 rings (SSSR count). The Bertz CT molecular complexity index is 709. The number of hydrogen-bond donors (Lipinski definition) is 2. The zero-order valence-electron chi connectivity index (χ0n) is 12.6. The zero-order valence-corrected chi connectivity index (χ0v) is 12.6. The lowest BCUT2D eigenvalue weighted by Gasteiger charge is -2.36. The van der Waals surface area contributed by atoms with E-state index in [2.05, 4.69) is 28.8 Å². The molecule has 0 saturated heterocycles. The van der Waals surface area contributed by atoms with Crippen molar-refractivity contribution in [3.8, 4) is 0 Å². The maximum atomic E-state index is 11.8. The van der Waals surface area contributed by atoms with E-state index in [1.165, 1.54) is 32.0 Å². The summed E-state index contributed by atoms with van der Waals surface area (Å²) in [6.07, 6.45) is 6.40. The molecule has 0 aliphatic heterocycles. The fourth-order valence-corrected chi connectivity index (χ4v) is 3.38. The molecule has 1 aliphatic carbocycles. The lowest BCUT2D eigenvalue weighted by molar-refractivity contribution is 0.336. The number of nitrogens with two attached hydrogens (primary N) is 1. The molecule has 1 saturated carbocycles. The number of H-pyrrole nitrogens is 1. The van der Waals surface area contributed by atoms with Crippen molar-refractivity contribution in [2.75, 3.05) is 17.7 Å². The fourth-order valence-electron chi connectivity index (χ4n) is 3.38. The summed E-state index contributed by atoms with van der Waals surface area (Å²) < 4.78 is 0. The number of nitrogen functional groups attached to an aromatic ring is 1. The van der Waals surface area contributed by atoms with E-state index in [0.29, 0.717) is 22.6 Å². The van der Waals surface area contributed by atoms with Gasteiger partial charge in [-0.3, -0.25) is 4.79 Å². The van der Waals surface area contributed by atoms with Crippen LogP contribution in [0.15, 0.2) is 23.3 Å². The monoisotopic (exact) mass is 286 g/mol. The lowest BCUT2D eigenvalue weighted by atomic mass is 9.86. The summed E-state index contributed by atoms with van der Waals surface area (Å²) in [6, 6.07) is 4.17. The lowest BCUT2D eigenvalue weighted by Crippen LogP contribution is -2.36. The number of hydrogen-bond acceptors (Lipinski definition) is 4. The first kappa shape index (κ1) is 13.9. The van der Waals surface area contributed by atoms with Crippen LogP contribution in [0.1, 0.15) is 32.6 Å². The van der Waals surface area contributed by atoms with E-state index >= 15 is 0 Å². The number of aromatic nitrogens is 2. The van der Waals surface area contributed by atoms with Crippen LogP contribution in [-0.4, -0.2) is 23.1 Å². The minimum Gasteiger partial charge on any atom is -0.397 e. The van der Waals surface area contributed by atoms with E-state index in [0.717, 1.165) is 11.6 Å². The van der Waals surface area contributed by atoms with Crippen LogP contribution in [0.2, 0.25) is 0 Å². The Morgan fingerprint density at radius 3 is 2.95 bits per heavy atom. The summed E-state index contributed by atoms with van der Waals surface area (Å²) in [5.74, 6) is 0.758. The maximum absolute atomic E-state index is 11.8. The van der Waals surface area contributed by atoms with Crippen LogP contribution in [0.3, 0.4) is 0 Å². The molecule has 1 aromatic carbocycles. The summed E-state index contributed by atoms with van der Waals surface area (Å²) in [4.78, 5) is 20.9. The molecular formula is C16H22N4O. The molecule has 0 spiro atoms. The standard InChI is InChI=1S/C16H22N4O/c1-10-4-3-5-11(6-10)20(2)15-8-14-12(7-13(15)17)16(21)19-9-18-14/h7-11H,3-6,17H2,1-2H3,(H,18,19,21). The summed E-state index contributed by atoms with van der Waals surface area (Å²) in [5, 5.41) is 0.546. The van der Waals surface area contributed by atoms with Crippen molar-refractivity contribution < 1.29 is 0 Å². The maximum Gasteiger partial charge on any atom is 0.258 e. The van der Waals surface area contributed by atoms with E-state index in [1.54, 1.807) is 6.07 Å². The van der Waals surface area contributed by atoms with Crippen molar-refractivity contribution in [3.05, 3.63) is 28.8 Å². The van der Waals surface area contributed by atoms with Gasteiger partial charge in [0, 0.05) is 13.1 Å². The number of rotatable bonds is 2. The normalized spacial score (nSPS) is 22.4. The summed E-state index contributed by atoms with van der Waals surface area (Å²) in [7, 11) is 2.09. The quantitative estimate of drug-likeness (QED) is 0.832. The zero-order chi connectivity index (χ0) is 15.0. The molecule has 112 valence electrons. The predicted octanol–water partition coefficient (Wildman–Crippen LogP) is 2.52. The molecule has 1 fully saturated rings. The van der Waals surface area contributed by atoms with Gasteiger partial charge in [0.25, 0.3) is 5.56 Å². The molecule has 5 heteroatoms. The molecule has 21 heavy (non-hydrogen) atoms. The topological polar surface area (TPSA) is 75.0 Å². The van der Waals surface area contributed by atoms with E-state index in [-0.39, 0.29) is 5.56 Å². The molecule has 2 atom stereocenters. The van der Waals surface area contributed by atoms with E-state index < -0.39 is 0 Å². The van der Waals surface area contributed by atoms with Gasteiger partial charge in [-0.2, -0.15) is 0 Å². The van der Waals surface area contributed by atoms with Crippen molar-refractivity contribution in [2.45, 2.75) is 38.6 Å². The number of fused-ring (bicyclic) bond motifs is 1. The van der Waals surface area contributed by atoms with Crippen LogP contribution < -0.4 is 16.2 Å². The van der Waals surface area contributed by atoms with Gasteiger partial charge >= 0.3 is 0 Å². The molecule has 0 bridgehead atoms. The van der Waals surface area contributed by atoms with Gasteiger partial charge in [-0.1, -0.05) is 19.8 Å². The van der Waals surface area contributed by atoms with Crippen LogP contribution in [0.25, 0.3) is 10.9 Å². The molecule has 1 heterocycles. The van der Waals surface area contributed by atoms with E-state index in [4.69, 9.17) is 5.73 Å². The molecule has 1 aliphatic rings. The van der Waals surface area contributed by atoms with Crippen LogP contribution in [-0.2, 0) is 0 Å². The van der Waals surface area contributed by atoms with Gasteiger partial charge < -0.3 is 15.6 Å². The summed E-state index contributed by atoms with van der Waals surface area (Å²) in [6.45, 7) is 2.31. The second-order valence-electron chi connectivity index (χ2n) is 6.20. The predicted molar refractivity (Wildman–Crippen MR) is 86.6 cm³/mol. The van der Waals surface area contributed by atoms with E-state index in [1.807, 2.05) is 6.07 Å². The third-order valence-electron chi connectivity index (χ3n) is 4.63. The highest BCUT2D eigenvalue weighted by atomic mass is 16.1. The highest BCUT2D eigenvalue weighted by Gasteiger charge is 2.24. The smallest absolute Gasteiger partial charge is 0.258 e. The molecule has 5 nitrogen and oxygen atoms in total. The Labute approximate surface area is 124 Å². The van der Waals surface area contributed by atoms with Crippen LogP contribution in [0, 0.1) is 5.92 Å². The summed E-state index contributed by atoms with van der Waals surface area (Å²) >= 11 is 0. The Morgan fingerprint density at radius 1 is 1.38 bits per heavy atom. The Balaban J connectivity index is 1.99. The fraction of sp³-hybridized carbons (Fsp3) is 0.500. The average Bonchev–Trinajstić information content (AvgIpc) is 2.47. The Morgan fingerprint density at radius 2 is 2.19 bits per heavy atom. The largest absolute Gasteiger partial charge is 0.397 e. The number of benzene rings is 1.